The lowest BCUT2D eigenvalue weighted by molar-refractivity contribution is 0.608. The van der Waals surface area contributed by atoms with E-state index in [9.17, 15) is 8.42 Å². The minimum atomic E-state index is -3.86. The maximum Gasteiger partial charge on any atom is 0.261 e. The van der Waals surface area contributed by atoms with Crippen LogP contribution in [0.4, 0.5) is 0 Å². The van der Waals surface area contributed by atoms with E-state index >= 15 is 0 Å². The smallest absolute Gasteiger partial charge is 0.207 e. The van der Waals surface area contributed by atoms with E-state index in [1.54, 1.807) is 0 Å². The molecule has 0 amide bonds. The lowest BCUT2D eigenvalue weighted by Crippen LogP contribution is -1.98. The SMILES string of the molecule is N#Cc1cc(CCl)c(S(=O)(=O)Cl)cc1S. The van der Waals surface area contributed by atoms with Crippen LogP contribution in [0.1, 0.15) is 11.1 Å². The Morgan fingerprint density at radius 1 is 1.47 bits per heavy atom. The summed E-state index contributed by atoms with van der Waals surface area (Å²) in [5, 5.41) is 8.71. The maximum atomic E-state index is 11.2. The van der Waals surface area contributed by atoms with Crippen LogP contribution in [0.25, 0.3) is 0 Å². The Hall–Kier alpha value is -0.410. The van der Waals surface area contributed by atoms with Crippen molar-refractivity contribution in [2.45, 2.75) is 15.7 Å². The molecular weight excluding hydrogens is 277 g/mol. The largest absolute Gasteiger partial charge is 0.261 e. The Balaban J connectivity index is 3.57. The molecule has 1 aromatic carbocycles. The van der Waals surface area contributed by atoms with Gasteiger partial charge in [-0.1, -0.05) is 0 Å². The van der Waals surface area contributed by atoms with Gasteiger partial charge in [0.1, 0.15) is 6.07 Å². The van der Waals surface area contributed by atoms with Gasteiger partial charge in [-0.15, -0.1) is 24.2 Å². The molecule has 0 saturated carbocycles. The summed E-state index contributed by atoms with van der Waals surface area (Å²) in [6, 6.07) is 4.47. The zero-order valence-corrected chi connectivity index (χ0v) is 10.5. The first kappa shape index (κ1) is 12.7. The fraction of sp³-hybridized carbons (Fsp3) is 0.125. The van der Waals surface area contributed by atoms with E-state index in [4.69, 9.17) is 27.5 Å². The molecule has 15 heavy (non-hydrogen) atoms. The predicted molar refractivity (Wildman–Crippen MR) is 61.0 cm³/mol. The van der Waals surface area contributed by atoms with Crippen LogP contribution in [0, 0.1) is 11.3 Å². The van der Waals surface area contributed by atoms with Crippen molar-refractivity contribution < 1.29 is 8.42 Å². The van der Waals surface area contributed by atoms with Gasteiger partial charge in [-0.2, -0.15) is 5.26 Å². The highest BCUT2D eigenvalue weighted by molar-refractivity contribution is 8.13. The van der Waals surface area contributed by atoms with E-state index in [1.165, 1.54) is 12.1 Å². The van der Waals surface area contributed by atoms with E-state index < -0.39 is 9.05 Å². The molecule has 0 N–H and O–H groups in total. The number of halogens is 2. The molecular formula is C8H5Cl2NO2S2. The van der Waals surface area contributed by atoms with E-state index in [-0.39, 0.29) is 21.2 Å². The summed E-state index contributed by atoms with van der Waals surface area (Å²) in [7, 11) is 1.34. The number of benzene rings is 1. The molecule has 7 heteroatoms. The Morgan fingerprint density at radius 2 is 2.07 bits per heavy atom. The van der Waals surface area contributed by atoms with Gasteiger partial charge in [0, 0.05) is 21.5 Å². The Morgan fingerprint density at radius 3 is 2.47 bits per heavy atom. The molecule has 0 aliphatic rings. The lowest BCUT2D eigenvalue weighted by atomic mass is 10.1. The highest BCUT2D eigenvalue weighted by Gasteiger charge is 2.17. The number of rotatable bonds is 2. The van der Waals surface area contributed by atoms with Gasteiger partial charge in [0.2, 0.25) is 0 Å². The molecule has 0 radical (unpaired) electrons. The monoisotopic (exact) mass is 281 g/mol. The first-order valence-corrected chi connectivity index (χ1v) is 6.96. The van der Waals surface area contributed by atoms with Crippen molar-refractivity contribution in [3.8, 4) is 6.07 Å². The van der Waals surface area contributed by atoms with Crippen LogP contribution >= 0.6 is 34.9 Å². The van der Waals surface area contributed by atoms with Gasteiger partial charge >= 0.3 is 0 Å². The Bertz CT molecular complexity index is 534. The van der Waals surface area contributed by atoms with E-state index in [2.05, 4.69) is 12.6 Å². The molecule has 0 aliphatic heterocycles. The highest BCUT2D eigenvalue weighted by Crippen LogP contribution is 2.27. The van der Waals surface area contributed by atoms with Gasteiger partial charge in [0.05, 0.1) is 10.5 Å². The molecule has 0 unspecified atom stereocenters. The van der Waals surface area contributed by atoms with Crippen LogP contribution in [0.5, 0.6) is 0 Å². The average molecular weight is 282 g/mol. The predicted octanol–water partition coefficient (Wildman–Crippen LogP) is 2.51. The van der Waals surface area contributed by atoms with E-state index in [0.29, 0.717) is 5.56 Å². The zero-order chi connectivity index (χ0) is 11.6. The third kappa shape index (κ3) is 2.79. The minimum absolute atomic E-state index is 0.0377. The molecule has 0 heterocycles. The summed E-state index contributed by atoms with van der Waals surface area (Å²) in [4.78, 5) is 0.147. The molecule has 3 nitrogen and oxygen atoms in total. The third-order valence-electron chi connectivity index (χ3n) is 1.71. The number of hydrogen-bond acceptors (Lipinski definition) is 4. The van der Waals surface area contributed by atoms with Gasteiger partial charge < -0.3 is 0 Å². The van der Waals surface area contributed by atoms with Crippen molar-refractivity contribution in [3.63, 3.8) is 0 Å². The van der Waals surface area contributed by atoms with Crippen LogP contribution in [0.15, 0.2) is 21.9 Å². The average Bonchev–Trinajstić information content (AvgIpc) is 2.16. The summed E-state index contributed by atoms with van der Waals surface area (Å²) in [6.45, 7) is 0. The fourth-order valence-corrected chi connectivity index (χ4v) is 2.80. The number of alkyl halides is 1. The first-order valence-electron chi connectivity index (χ1n) is 3.66. The topological polar surface area (TPSA) is 57.9 Å². The molecule has 80 valence electrons. The van der Waals surface area contributed by atoms with Crippen LogP contribution in [-0.4, -0.2) is 8.42 Å². The van der Waals surface area contributed by atoms with Crippen molar-refractivity contribution in [2.75, 3.05) is 0 Å². The summed E-state index contributed by atoms with van der Waals surface area (Å²) in [6.07, 6.45) is 0. The Labute approximate surface area is 102 Å². The highest BCUT2D eigenvalue weighted by atomic mass is 35.7. The number of nitriles is 1. The quantitative estimate of drug-likeness (QED) is 0.515. The van der Waals surface area contributed by atoms with E-state index in [1.807, 2.05) is 6.07 Å². The molecule has 0 bridgehead atoms. The second kappa shape index (κ2) is 4.62. The second-order valence-corrected chi connectivity index (χ2v) is 5.94. The van der Waals surface area contributed by atoms with Crippen LogP contribution in [0.2, 0.25) is 0 Å². The van der Waals surface area contributed by atoms with Gasteiger partial charge in [-0.3, -0.25) is 0 Å². The molecule has 1 rings (SSSR count). The first-order chi connectivity index (χ1) is 6.90. The van der Waals surface area contributed by atoms with Crippen LogP contribution in [-0.2, 0) is 14.9 Å². The standard InChI is InChI=1S/C8H5Cl2NO2S2/c9-3-5-1-6(4-11)7(14)2-8(5)15(10,12)13/h1-2,14H,3H2. The summed E-state index contributed by atoms with van der Waals surface area (Å²) >= 11 is 9.54. The number of nitrogens with zero attached hydrogens (tertiary/aromatic N) is 1. The van der Waals surface area contributed by atoms with Crippen molar-refractivity contribution in [3.05, 3.63) is 23.3 Å². The summed E-state index contributed by atoms with van der Waals surface area (Å²) < 4.78 is 22.3. The number of hydrogen-bond donors (Lipinski definition) is 1. The summed E-state index contributed by atoms with van der Waals surface area (Å²) in [5.41, 5.74) is 0.555. The normalized spacial score (nSPS) is 11.1. The molecule has 1 aromatic rings. The number of thiol groups is 1. The van der Waals surface area contributed by atoms with Crippen molar-refractivity contribution in [2.24, 2.45) is 0 Å². The Kier molecular flexibility index (Phi) is 3.90. The zero-order valence-electron chi connectivity index (χ0n) is 7.24. The molecule has 0 fully saturated rings. The molecule has 0 saturated heterocycles. The van der Waals surface area contributed by atoms with Crippen LogP contribution in [0.3, 0.4) is 0 Å². The van der Waals surface area contributed by atoms with Crippen LogP contribution < -0.4 is 0 Å². The van der Waals surface area contributed by atoms with Crippen molar-refractivity contribution >= 4 is 44.0 Å². The molecule has 0 spiro atoms. The van der Waals surface area contributed by atoms with Crippen molar-refractivity contribution in [1.82, 2.24) is 0 Å². The van der Waals surface area contributed by atoms with E-state index in [0.717, 1.165) is 0 Å². The van der Waals surface area contributed by atoms with Gasteiger partial charge in [0.15, 0.2) is 0 Å². The third-order valence-corrected chi connectivity index (χ3v) is 3.77. The molecule has 0 aromatic heterocycles. The second-order valence-electron chi connectivity index (χ2n) is 2.66. The van der Waals surface area contributed by atoms with Gasteiger partial charge in [-0.25, -0.2) is 8.42 Å². The minimum Gasteiger partial charge on any atom is -0.207 e. The van der Waals surface area contributed by atoms with Gasteiger partial charge in [0.25, 0.3) is 9.05 Å². The fourth-order valence-electron chi connectivity index (χ4n) is 1.03. The summed E-state index contributed by atoms with van der Waals surface area (Å²) in [5.74, 6) is -0.0377. The van der Waals surface area contributed by atoms with Gasteiger partial charge in [-0.05, 0) is 17.7 Å². The molecule has 0 atom stereocenters. The van der Waals surface area contributed by atoms with Crippen molar-refractivity contribution in [1.29, 1.82) is 5.26 Å². The lowest BCUT2D eigenvalue weighted by Gasteiger charge is -2.05. The molecule has 0 aliphatic carbocycles. The maximum absolute atomic E-state index is 11.2.